The molecule has 4 nitrogen and oxygen atoms in total. The van der Waals surface area contributed by atoms with Crippen molar-refractivity contribution < 1.29 is 9.53 Å². The van der Waals surface area contributed by atoms with E-state index in [1.54, 1.807) is 11.9 Å². The third-order valence-electron chi connectivity index (χ3n) is 7.13. The molecule has 4 rings (SSSR count). The van der Waals surface area contributed by atoms with E-state index in [1.807, 2.05) is 39.0 Å². The van der Waals surface area contributed by atoms with Crippen LogP contribution in [0.1, 0.15) is 69.1 Å². The number of allylic oxidation sites excluding steroid dienone is 2. The number of hydrogen-bond donors (Lipinski definition) is 1. The summed E-state index contributed by atoms with van der Waals surface area (Å²) in [5.74, 6) is 0.0971. The number of carbonyl (C=O) groups is 1. The summed E-state index contributed by atoms with van der Waals surface area (Å²) in [6.07, 6.45) is 6.29. The third-order valence-corrected chi connectivity index (χ3v) is 7.87. The first kappa shape index (κ1) is 26.1. The van der Waals surface area contributed by atoms with Gasteiger partial charge in [0.1, 0.15) is 5.60 Å². The lowest BCUT2D eigenvalue weighted by atomic mass is 9.75. The fourth-order valence-electron chi connectivity index (χ4n) is 5.38. The summed E-state index contributed by atoms with van der Waals surface area (Å²) in [4.78, 5) is 14.4. The molecule has 188 valence electrons. The molecule has 0 bridgehead atoms. The maximum atomic E-state index is 12.7. The number of nitrogens with one attached hydrogen (secondary N) is 1. The molecule has 0 aromatic heterocycles. The van der Waals surface area contributed by atoms with Gasteiger partial charge >= 0.3 is 6.09 Å². The zero-order chi connectivity index (χ0) is 25.2. The number of amides is 1. The molecule has 1 fully saturated rings. The minimum absolute atomic E-state index is 0.0971. The zero-order valence-corrected chi connectivity index (χ0v) is 22.7. The first-order chi connectivity index (χ1) is 16.6. The molecule has 0 saturated carbocycles. The number of rotatable bonds is 6. The highest BCUT2D eigenvalue weighted by atomic mass is 35.5. The molecule has 1 aliphatic heterocycles. The van der Waals surface area contributed by atoms with Gasteiger partial charge in [-0.05, 0) is 93.9 Å². The summed E-state index contributed by atoms with van der Waals surface area (Å²) in [5, 5.41) is 4.58. The van der Waals surface area contributed by atoms with Gasteiger partial charge in [-0.3, -0.25) is 0 Å². The van der Waals surface area contributed by atoms with E-state index in [0.717, 1.165) is 44.3 Å². The van der Waals surface area contributed by atoms with Crippen LogP contribution in [0.3, 0.4) is 0 Å². The number of ether oxygens (including phenoxy) is 1. The number of hydrogen-bond acceptors (Lipinski definition) is 3. The summed E-state index contributed by atoms with van der Waals surface area (Å²) in [6.45, 7) is 8.29. The van der Waals surface area contributed by atoms with Crippen LogP contribution < -0.4 is 5.32 Å². The van der Waals surface area contributed by atoms with Crippen LogP contribution in [-0.4, -0.2) is 43.3 Å². The normalized spacial score (nSPS) is 17.6. The van der Waals surface area contributed by atoms with Crippen LogP contribution in [0.15, 0.2) is 48.5 Å². The van der Waals surface area contributed by atoms with E-state index in [2.05, 4.69) is 35.7 Å². The Kier molecular flexibility index (Phi) is 7.85. The van der Waals surface area contributed by atoms with Crippen molar-refractivity contribution in [1.82, 2.24) is 10.2 Å². The predicted octanol–water partition coefficient (Wildman–Crippen LogP) is 7.44. The number of piperidine rings is 1. The molecule has 1 spiro atoms. The second-order valence-electron chi connectivity index (χ2n) is 10.9. The topological polar surface area (TPSA) is 41.6 Å². The summed E-state index contributed by atoms with van der Waals surface area (Å²) in [6, 6.07) is 14.7. The van der Waals surface area contributed by atoms with Crippen molar-refractivity contribution in [3.63, 3.8) is 0 Å². The average Bonchev–Trinajstić information content (AvgIpc) is 3.10. The van der Waals surface area contributed by atoms with Crippen molar-refractivity contribution in [2.75, 3.05) is 26.7 Å². The van der Waals surface area contributed by atoms with Gasteiger partial charge in [-0.1, -0.05) is 59.6 Å². The molecule has 2 aromatic carbocycles. The number of carbonyl (C=O) groups excluding carboxylic acids is 1. The highest BCUT2D eigenvalue weighted by Gasteiger charge is 2.38. The van der Waals surface area contributed by atoms with Crippen molar-refractivity contribution in [1.29, 1.82) is 0 Å². The molecule has 6 heteroatoms. The molecule has 1 amide bonds. The highest BCUT2D eigenvalue weighted by Crippen LogP contribution is 2.47. The Morgan fingerprint density at radius 2 is 1.83 bits per heavy atom. The Hall–Kier alpha value is -2.01. The van der Waals surface area contributed by atoms with Crippen LogP contribution in [0.2, 0.25) is 10.0 Å². The van der Waals surface area contributed by atoms with Crippen molar-refractivity contribution in [2.45, 2.75) is 63.4 Å². The number of benzene rings is 2. The lowest BCUT2D eigenvalue weighted by Gasteiger charge is -2.33. The molecular weight excluding hydrogens is 479 g/mol. The summed E-state index contributed by atoms with van der Waals surface area (Å²) >= 11 is 12.6. The molecule has 1 N–H and O–H groups in total. The Morgan fingerprint density at radius 3 is 2.51 bits per heavy atom. The maximum absolute atomic E-state index is 12.7. The Balaban J connectivity index is 1.57. The van der Waals surface area contributed by atoms with Crippen LogP contribution in [0.4, 0.5) is 4.79 Å². The van der Waals surface area contributed by atoms with E-state index in [9.17, 15) is 4.79 Å². The van der Waals surface area contributed by atoms with Gasteiger partial charge < -0.3 is 15.0 Å². The summed E-state index contributed by atoms with van der Waals surface area (Å²) in [7, 11) is 1.80. The molecule has 0 unspecified atom stereocenters. The number of halogens is 2. The van der Waals surface area contributed by atoms with Gasteiger partial charge in [-0.25, -0.2) is 4.79 Å². The van der Waals surface area contributed by atoms with E-state index in [-0.39, 0.29) is 17.4 Å². The van der Waals surface area contributed by atoms with Crippen molar-refractivity contribution >= 4 is 34.9 Å². The number of fused-ring (bicyclic) bond motifs is 2. The molecule has 1 heterocycles. The smallest absolute Gasteiger partial charge is 0.410 e. The number of nitrogens with zero attached hydrogens (tertiary/aromatic N) is 1. The quantitative estimate of drug-likeness (QED) is 0.435. The van der Waals surface area contributed by atoms with Crippen molar-refractivity contribution in [2.24, 2.45) is 0 Å². The van der Waals surface area contributed by atoms with Crippen LogP contribution >= 0.6 is 23.2 Å². The second-order valence-corrected chi connectivity index (χ2v) is 11.7. The van der Waals surface area contributed by atoms with Crippen LogP contribution in [0, 0.1) is 0 Å². The standard InChI is InChI=1S/C29H36Cl2N2O2/c1-28(2,3)35-27(34)33(4)19-22(20-11-12-25(30)26(31)17-20)10-9-21-18-29(13-15-32-16-14-29)24-8-6-5-7-23(21)24/h5-8,11-12,17-18,22,32H,9-10,13-16,19H2,1-4H3/t22-/m1/s1. The van der Waals surface area contributed by atoms with Gasteiger partial charge in [0.15, 0.2) is 0 Å². The van der Waals surface area contributed by atoms with Gasteiger partial charge in [0, 0.05) is 24.9 Å². The monoisotopic (exact) mass is 514 g/mol. The molecule has 0 radical (unpaired) electrons. The molecule has 2 aromatic rings. The lowest BCUT2D eigenvalue weighted by Crippen LogP contribution is -2.37. The third kappa shape index (κ3) is 6.04. The summed E-state index contributed by atoms with van der Waals surface area (Å²) in [5.41, 5.74) is 4.94. The second kappa shape index (κ2) is 10.5. The SMILES string of the molecule is CN(C[C@@H](CCC1=CC2(CCNCC2)c2ccccc21)c1ccc(Cl)c(Cl)c1)C(=O)OC(C)(C)C. The minimum atomic E-state index is -0.536. The summed E-state index contributed by atoms with van der Waals surface area (Å²) < 4.78 is 5.60. The van der Waals surface area contributed by atoms with Gasteiger partial charge in [-0.15, -0.1) is 0 Å². The van der Waals surface area contributed by atoms with Gasteiger partial charge in [-0.2, -0.15) is 0 Å². The zero-order valence-electron chi connectivity index (χ0n) is 21.2. The number of likely N-dealkylation sites (N-methyl/N-ethyl adjacent to an activating group) is 1. The van der Waals surface area contributed by atoms with E-state index < -0.39 is 5.60 Å². The van der Waals surface area contributed by atoms with Crippen LogP contribution in [0.25, 0.3) is 5.57 Å². The highest BCUT2D eigenvalue weighted by molar-refractivity contribution is 6.42. The van der Waals surface area contributed by atoms with Crippen LogP contribution in [0.5, 0.6) is 0 Å². The van der Waals surface area contributed by atoms with Crippen molar-refractivity contribution in [3.05, 3.63) is 75.3 Å². The van der Waals surface area contributed by atoms with Gasteiger partial charge in [0.05, 0.1) is 10.0 Å². The molecule has 35 heavy (non-hydrogen) atoms. The first-order valence-corrected chi connectivity index (χ1v) is 13.2. The first-order valence-electron chi connectivity index (χ1n) is 12.5. The Labute approximate surface area is 219 Å². The average molecular weight is 516 g/mol. The fraction of sp³-hybridized carbons (Fsp3) is 0.483. The molecule has 1 atom stereocenters. The molecule has 1 saturated heterocycles. The Bertz CT molecular complexity index is 1100. The van der Waals surface area contributed by atoms with E-state index >= 15 is 0 Å². The molecular formula is C29H36Cl2N2O2. The lowest BCUT2D eigenvalue weighted by molar-refractivity contribution is 0.0287. The molecule has 1 aliphatic carbocycles. The van der Waals surface area contributed by atoms with Crippen LogP contribution in [-0.2, 0) is 10.2 Å². The van der Waals surface area contributed by atoms with E-state index in [1.165, 1.54) is 16.7 Å². The van der Waals surface area contributed by atoms with E-state index in [4.69, 9.17) is 27.9 Å². The fourth-order valence-corrected chi connectivity index (χ4v) is 5.69. The van der Waals surface area contributed by atoms with Crippen molar-refractivity contribution in [3.8, 4) is 0 Å². The Morgan fingerprint density at radius 1 is 1.11 bits per heavy atom. The van der Waals surface area contributed by atoms with Gasteiger partial charge in [0.25, 0.3) is 0 Å². The van der Waals surface area contributed by atoms with Gasteiger partial charge in [0.2, 0.25) is 0 Å². The predicted molar refractivity (Wildman–Crippen MR) is 146 cm³/mol. The maximum Gasteiger partial charge on any atom is 0.410 e. The molecule has 2 aliphatic rings. The van der Waals surface area contributed by atoms with E-state index in [0.29, 0.717) is 16.6 Å². The minimum Gasteiger partial charge on any atom is -0.444 e. The largest absolute Gasteiger partial charge is 0.444 e.